The van der Waals surface area contributed by atoms with Gasteiger partial charge in [-0.2, -0.15) is 0 Å². The van der Waals surface area contributed by atoms with Gasteiger partial charge in [-0.25, -0.2) is 0 Å². The highest BCUT2D eigenvalue weighted by Crippen LogP contribution is 2.45. The molecule has 2 rings (SSSR count). The molecule has 130 valence electrons. The first kappa shape index (κ1) is 18.4. The van der Waals surface area contributed by atoms with Crippen LogP contribution in [0.15, 0.2) is 66.2 Å². The molecule has 0 amide bonds. The Bertz CT molecular complexity index is 590. The van der Waals surface area contributed by atoms with Crippen molar-refractivity contribution in [1.29, 1.82) is 0 Å². The number of ether oxygens (including phenoxy) is 2. The Balaban J connectivity index is 2.33. The summed E-state index contributed by atoms with van der Waals surface area (Å²) >= 11 is 0. The SMILES string of the molecule is C=C/C(OC)=C(\C/C=C(\C)C1(c2ccccc2)CCCCC1)OC. The molecule has 1 saturated carbocycles. The van der Waals surface area contributed by atoms with Crippen LogP contribution in [0.1, 0.15) is 51.0 Å². The van der Waals surface area contributed by atoms with E-state index in [4.69, 9.17) is 9.47 Å². The Morgan fingerprint density at radius 2 is 1.75 bits per heavy atom. The molecule has 0 aromatic heterocycles. The average Bonchev–Trinajstić information content (AvgIpc) is 2.66. The van der Waals surface area contributed by atoms with Gasteiger partial charge in [-0.3, -0.25) is 0 Å². The van der Waals surface area contributed by atoms with Crippen LogP contribution in [0.5, 0.6) is 0 Å². The maximum absolute atomic E-state index is 5.51. The Morgan fingerprint density at radius 3 is 2.29 bits per heavy atom. The largest absolute Gasteiger partial charge is 0.497 e. The molecule has 1 aromatic carbocycles. The van der Waals surface area contributed by atoms with Crippen molar-refractivity contribution >= 4 is 0 Å². The molecule has 2 heteroatoms. The molecule has 2 nitrogen and oxygen atoms in total. The number of benzene rings is 1. The summed E-state index contributed by atoms with van der Waals surface area (Å²) in [5.74, 6) is 1.53. The van der Waals surface area contributed by atoms with Crippen molar-refractivity contribution in [3.63, 3.8) is 0 Å². The van der Waals surface area contributed by atoms with Gasteiger partial charge in [0.05, 0.1) is 14.2 Å². The van der Waals surface area contributed by atoms with Gasteiger partial charge in [0.1, 0.15) is 5.76 Å². The molecule has 0 bridgehead atoms. The Kier molecular flexibility index (Phi) is 6.72. The lowest BCUT2D eigenvalue weighted by atomic mass is 9.65. The second-order valence-electron chi connectivity index (χ2n) is 6.50. The summed E-state index contributed by atoms with van der Waals surface area (Å²) in [7, 11) is 3.34. The molecule has 0 saturated heterocycles. The van der Waals surface area contributed by atoms with E-state index in [2.05, 4.69) is 49.9 Å². The van der Waals surface area contributed by atoms with Crippen LogP contribution in [0.3, 0.4) is 0 Å². The molecule has 0 radical (unpaired) electrons. The number of rotatable bonds is 7. The number of hydrogen-bond donors (Lipinski definition) is 0. The van der Waals surface area contributed by atoms with Crippen molar-refractivity contribution < 1.29 is 9.47 Å². The lowest BCUT2D eigenvalue weighted by Crippen LogP contribution is -2.30. The lowest BCUT2D eigenvalue weighted by molar-refractivity contribution is 0.226. The van der Waals surface area contributed by atoms with E-state index >= 15 is 0 Å². The lowest BCUT2D eigenvalue weighted by Gasteiger charge is -2.39. The first-order valence-corrected chi connectivity index (χ1v) is 8.84. The van der Waals surface area contributed by atoms with Crippen molar-refractivity contribution in [2.45, 2.75) is 50.9 Å². The molecule has 0 aliphatic heterocycles. The molecule has 1 aliphatic rings. The molecule has 0 spiro atoms. The average molecular weight is 326 g/mol. The zero-order valence-electron chi connectivity index (χ0n) is 15.3. The van der Waals surface area contributed by atoms with E-state index in [9.17, 15) is 0 Å². The third-order valence-corrected chi connectivity index (χ3v) is 5.31. The van der Waals surface area contributed by atoms with Crippen molar-refractivity contribution in [3.8, 4) is 0 Å². The van der Waals surface area contributed by atoms with E-state index in [0.717, 1.165) is 12.2 Å². The molecule has 1 aromatic rings. The highest BCUT2D eigenvalue weighted by Gasteiger charge is 2.35. The van der Waals surface area contributed by atoms with Crippen molar-refractivity contribution in [2.24, 2.45) is 0 Å². The fraction of sp³-hybridized carbons (Fsp3) is 0.455. The van der Waals surface area contributed by atoms with Crippen LogP contribution >= 0.6 is 0 Å². The zero-order chi connectivity index (χ0) is 17.4. The van der Waals surface area contributed by atoms with Gasteiger partial charge < -0.3 is 9.47 Å². The molecule has 0 atom stereocenters. The van der Waals surface area contributed by atoms with Crippen LogP contribution in [-0.4, -0.2) is 14.2 Å². The second-order valence-corrected chi connectivity index (χ2v) is 6.50. The van der Waals surface area contributed by atoms with Gasteiger partial charge in [0.2, 0.25) is 0 Å². The molecule has 24 heavy (non-hydrogen) atoms. The third-order valence-electron chi connectivity index (χ3n) is 5.31. The minimum atomic E-state index is 0.166. The standard InChI is InChI=1S/C22H30O2/c1-5-20(23-3)21(24-4)15-14-18(2)22(16-10-7-11-17-22)19-12-8-6-9-13-19/h5-6,8-9,12-14H,1,7,10-11,15-17H2,2-4H3/b18-14+,21-20-. The smallest absolute Gasteiger partial charge is 0.156 e. The normalized spacial score (nSPS) is 18.5. The van der Waals surface area contributed by atoms with Gasteiger partial charge in [0, 0.05) is 11.8 Å². The van der Waals surface area contributed by atoms with Gasteiger partial charge >= 0.3 is 0 Å². The van der Waals surface area contributed by atoms with E-state index in [1.54, 1.807) is 20.3 Å². The fourth-order valence-corrected chi connectivity index (χ4v) is 3.86. The number of allylic oxidation sites excluding steroid dienone is 3. The van der Waals surface area contributed by atoms with E-state index in [1.807, 2.05) is 0 Å². The van der Waals surface area contributed by atoms with Gasteiger partial charge in [0.15, 0.2) is 5.76 Å². The monoisotopic (exact) mass is 326 g/mol. The third kappa shape index (κ3) is 3.92. The van der Waals surface area contributed by atoms with Crippen LogP contribution < -0.4 is 0 Å². The van der Waals surface area contributed by atoms with E-state index in [1.165, 1.54) is 43.2 Å². The first-order valence-electron chi connectivity index (χ1n) is 8.84. The van der Waals surface area contributed by atoms with E-state index in [-0.39, 0.29) is 5.41 Å². The fourth-order valence-electron chi connectivity index (χ4n) is 3.86. The molecular weight excluding hydrogens is 296 g/mol. The summed E-state index contributed by atoms with van der Waals surface area (Å²) in [6, 6.07) is 11.0. The molecule has 0 N–H and O–H groups in total. The van der Waals surface area contributed by atoms with Crippen LogP contribution in [0.4, 0.5) is 0 Å². The summed E-state index contributed by atoms with van der Waals surface area (Å²) in [6.07, 6.45) is 11.1. The van der Waals surface area contributed by atoms with Gasteiger partial charge in [-0.15, -0.1) is 0 Å². The molecule has 0 heterocycles. The van der Waals surface area contributed by atoms with Gasteiger partial charge in [-0.05, 0) is 31.4 Å². The van der Waals surface area contributed by atoms with E-state index in [0.29, 0.717) is 5.76 Å². The van der Waals surface area contributed by atoms with Crippen molar-refractivity contribution in [1.82, 2.24) is 0 Å². The predicted octanol–water partition coefficient (Wildman–Crippen LogP) is 5.92. The van der Waals surface area contributed by atoms with Gasteiger partial charge in [-0.1, -0.05) is 67.8 Å². The zero-order valence-corrected chi connectivity index (χ0v) is 15.3. The van der Waals surface area contributed by atoms with Crippen LogP contribution in [-0.2, 0) is 14.9 Å². The first-order chi connectivity index (χ1) is 11.7. The Morgan fingerprint density at radius 1 is 1.08 bits per heavy atom. The van der Waals surface area contributed by atoms with Crippen LogP contribution in [0.2, 0.25) is 0 Å². The predicted molar refractivity (Wildman–Crippen MR) is 101 cm³/mol. The highest BCUT2D eigenvalue weighted by molar-refractivity contribution is 5.37. The summed E-state index contributed by atoms with van der Waals surface area (Å²) in [4.78, 5) is 0. The molecule has 0 unspecified atom stereocenters. The van der Waals surface area contributed by atoms with Gasteiger partial charge in [0.25, 0.3) is 0 Å². The van der Waals surface area contributed by atoms with E-state index < -0.39 is 0 Å². The molecular formula is C22H30O2. The maximum atomic E-state index is 5.51. The number of hydrogen-bond acceptors (Lipinski definition) is 2. The Labute approximate surface area is 146 Å². The van der Waals surface area contributed by atoms with Crippen molar-refractivity contribution in [3.05, 3.63) is 71.7 Å². The Hall–Kier alpha value is -1.96. The van der Waals surface area contributed by atoms with Crippen LogP contribution in [0, 0.1) is 0 Å². The number of methoxy groups -OCH3 is 2. The molecule has 1 aliphatic carbocycles. The topological polar surface area (TPSA) is 18.5 Å². The summed E-state index contributed by atoms with van der Waals surface area (Å²) < 4.78 is 10.9. The minimum Gasteiger partial charge on any atom is -0.497 e. The highest BCUT2D eigenvalue weighted by atomic mass is 16.5. The quantitative estimate of drug-likeness (QED) is 0.352. The van der Waals surface area contributed by atoms with Crippen LogP contribution in [0.25, 0.3) is 0 Å². The molecule has 1 fully saturated rings. The maximum Gasteiger partial charge on any atom is 0.156 e. The summed E-state index contributed by atoms with van der Waals surface area (Å²) in [6.45, 7) is 6.07. The second kappa shape index (κ2) is 8.77. The summed E-state index contributed by atoms with van der Waals surface area (Å²) in [5.41, 5.74) is 3.04. The summed E-state index contributed by atoms with van der Waals surface area (Å²) in [5, 5.41) is 0. The minimum absolute atomic E-state index is 0.166. The van der Waals surface area contributed by atoms with Crippen molar-refractivity contribution in [2.75, 3.05) is 14.2 Å².